The summed E-state index contributed by atoms with van der Waals surface area (Å²) in [4.78, 5) is 4.38. The Morgan fingerprint density at radius 2 is 2.05 bits per heavy atom. The van der Waals surface area contributed by atoms with E-state index in [2.05, 4.69) is 10.1 Å². The quantitative estimate of drug-likeness (QED) is 0.935. The molecule has 2 N–H and O–H groups in total. The summed E-state index contributed by atoms with van der Waals surface area (Å²) in [6.07, 6.45) is 2.01. The Morgan fingerprint density at radius 1 is 1.26 bits per heavy atom. The van der Waals surface area contributed by atoms with Crippen LogP contribution in [0.1, 0.15) is 30.3 Å². The molecule has 1 aliphatic rings. The molecule has 0 amide bonds. The molecule has 1 saturated heterocycles. The van der Waals surface area contributed by atoms with Gasteiger partial charge in [-0.1, -0.05) is 17.3 Å². The van der Waals surface area contributed by atoms with Crippen LogP contribution >= 0.6 is 12.4 Å². The van der Waals surface area contributed by atoms with Crippen LogP contribution in [0.4, 0.5) is 0 Å². The van der Waals surface area contributed by atoms with Crippen LogP contribution in [-0.2, 0) is 11.3 Å². The highest BCUT2D eigenvalue weighted by Crippen LogP contribution is 2.28. The molecular weight excluding hydrogens is 266 g/mol. The lowest BCUT2D eigenvalue weighted by atomic mass is 10.1. The van der Waals surface area contributed by atoms with Gasteiger partial charge in [-0.2, -0.15) is 4.98 Å². The van der Waals surface area contributed by atoms with E-state index >= 15 is 0 Å². The van der Waals surface area contributed by atoms with Gasteiger partial charge in [-0.05, 0) is 30.5 Å². The first-order valence-corrected chi connectivity index (χ1v) is 6.11. The zero-order valence-electron chi connectivity index (χ0n) is 10.4. The van der Waals surface area contributed by atoms with E-state index in [0.717, 1.165) is 30.6 Å². The average Bonchev–Trinajstić information content (AvgIpc) is 3.09. The number of benzene rings is 1. The second-order valence-electron chi connectivity index (χ2n) is 4.36. The van der Waals surface area contributed by atoms with Gasteiger partial charge in [0.25, 0.3) is 5.89 Å². The van der Waals surface area contributed by atoms with Gasteiger partial charge in [-0.15, -0.1) is 12.4 Å². The zero-order valence-corrected chi connectivity index (χ0v) is 11.2. The van der Waals surface area contributed by atoms with Crippen LogP contribution in [0.15, 0.2) is 28.8 Å². The third-order valence-corrected chi connectivity index (χ3v) is 3.10. The monoisotopic (exact) mass is 281 g/mol. The maximum atomic E-state index is 5.56. The van der Waals surface area contributed by atoms with Gasteiger partial charge < -0.3 is 15.0 Å². The molecule has 3 rings (SSSR count). The first-order chi connectivity index (χ1) is 8.86. The van der Waals surface area contributed by atoms with Gasteiger partial charge in [0.2, 0.25) is 5.82 Å². The fourth-order valence-electron chi connectivity index (χ4n) is 2.05. The minimum Gasteiger partial charge on any atom is -0.370 e. The van der Waals surface area contributed by atoms with Gasteiger partial charge in [-0.3, -0.25) is 0 Å². The SMILES string of the molecule is Cl.NCc1ccc(-c2nc(C3CCCO3)no2)cc1. The lowest BCUT2D eigenvalue weighted by Gasteiger charge is -2.01. The van der Waals surface area contributed by atoms with Crippen LogP contribution in [0, 0.1) is 0 Å². The number of aromatic nitrogens is 2. The predicted octanol–water partition coefficient (Wildman–Crippen LogP) is 2.47. The zero-order chi connectivity index (χ0) is 12.4. The van der Waals surface area contributed by atoms with E-state index in [1.54, 1.807) is 0 Å². The van der Waals surface area contributed by atoms with Gasteiger partial charge in [0.1, 0.15) is 6.10 Å². The second kappa shape index (κ2) is 6.14. The molecule has 1 aliphatic heterocycles. The summed E-state index contributed by atoms with van der Waals surface area (Å²) in [5.41, 5.74) is 7.55. The minimum atomic E-state index is -0.00850. The van der Waals surface area contributed by atoms with E-state index in [1.807, 2.05) is 24.3 Å². The van der Waals surface area contributed by atoms with Crippen LogP contribution in [0.25, 0.3) is 11.5 Å². The number of halogens is 1. The summed E-state index contributed by atoms with van der Waals surface area (Å²) in [6.45, 7) is 1.31. The van der Waals surface area contributed by atoms with Gasteiger partial charge in [0, 0.05) is 18.7 Å². The number of nitrogens with zero attached hydrogens (tertiary/aromatic N) is 2. The molecule has 1 unspecified atom stereocenters. The van der Waals surface area contributed by atoms with Gasteiger partial charge in [-0.25, -0.2) is 0 Å². The Balaban J connectivity index is 0.00000133. The Kier molecular flexibility index (Phi) is 4.52. The smallest absolute Gasteiger partial charge is 0.258 e. The number of rotatable bonds is 3. The van der Waals surface area contributed by atoms with E-state index in [0.29, 0.717) is 18.3 Å². The number of nitrogens with two attached hydrogens (primary N) is 1. The standard InChI is InChI=1S/C13H15N3O2.ClH/c14-8-9-3-5-10(6-4-9)13-15-12(16-18-13)11-2-1-7-17-11;/h3-6,11H,1-2,7-8,14H2;1H. The van der Waals surface area contributed by atoms with Crippen molar-refractivity contribution >= 4 is 12.4 Å². The molecule has 2 heterocycles. The van der Waals surface area contributed by atoms with Crippen molar-refractivity contribution in [3.05, 3.63) is 35.7 Å². The Bertz CT molecular complexity index is 521. The highest BCUT2D eigenvalue weighted by molar-refractivity contribution is 5.85. The minimum absolute atomic E-state index is 0. The maximum Gasteiger partial charge on any atom is 0.258 e. The van der Waals surface area contributed by atoms with Crippen LogP contribution in [0.3, 0.4) is 0 Å². The molecule has 1 aromatic heterocycles. The van der Waals surface area contributed by atoms with Crippen LogP contribution < -0.4 is 5.73 Å². The third kappa shape index (κ3) is 2.94. The second-order valence-corrected chi connectivity index (χ2v) is 4.36. The topological polar surface area (TPSA) is 74.2 Å². The molecule has 5 nitrogen and oxygen atoms in total. The van der Waals surface area contributed by atoms with Gasteiger partial charge >= 0.3 is 0 Å². The largest absolute Gasteiger partial charge is 0.370 e. The van der Waals surface area contributed by atoms with E-state index in [9.17, 15) is 0 Å². The van der Waals surface area contributed by atoms with Crippen LogP contribution in [0.2, 0.25) is 0 Å². The normalized spacial score (nSPS) is 18.3. The molecule has 0 saturated carbocycles. The van der Waals surface area contributed by atoms with Crippen molar-refractivity contribution in [1.29, 1.82) is 0 Å². The number of hydrogen-bond donors (Lipinski definition) is 1. The van der Waals surface area contributed by atoms with E-state index in [-0.39, 0.29) is 18.5 Å². The van der Waals surface area contributed by atoms with Crippen LogP contribution in [0.5, 0.6) is 0 Å². The van der Waals surface area contributed by atoms with Crippen LogP contribution in [-0.4, -0.2) is 16.7 Å². The Morgan fingerprint density at radius 3 is 2.68 bits per heavy atom. The molecule has 0 bridgehead atoms. The van der Waals surface area contributed by atoms with E-state index < -0.39 is 0 Å². The number of ether oxygens (including phenoxy) is 1. The van der Waals surface area contributed by atoms with Crippen molar-refractivity contribution in [1.82, 2.24) is 10.1 Å². The molecule has 19 heavy (non-hydrogen) atoms. The molecule has 0 aliphatic carbocycles. The fourth-order valence-corrected chi connectivity index (χ4v) is 2.05. The van der Waals surface area contributed by atoms with Crippen molar-refractivity contribution in [2.24, 2.45) is 5.73 Å². The highest BCUT2D eigenvalue weighted by Gasteiger charge is 2.23. The first-order valence-electron chi connectivity index (χ1n) is 6.11. The Labute approximate surface area is 117 Å². The molecule has 0 spiro atoms. The summed E-state index contributed by atoms with van der Waals surface area (Å²) >= 11 is 0. The highest BCUT2D eigenvalue weighted by atomic mass is 35.5. The average molecular weight is 282 g/mol. The molecule has 2 aromatic rings. The lowest BCUT2D eigenvalue weighted by Crippen LogP contribution is -1.98. The van der Waals surface area contributed by atoms with Gasteiger partial charge in [0.15, 0.2) is 0 Å². The van der Waals surface area contributed by atoms with Crippen molar-refractivity contribution < 1.29 is 9.26 Å². The number of hydrogen-bond acceptors (Lipinski definition) is 5. The lowest BCUT2D eigenvalue weighted by molar-refractivity contribution is 0.103. The molecule has 6 heteroatoms. The van der Waals surface area contributed by atoms with E-state index in [4.69, 9.17) is 15.0 Å². The van der Waals surface area contributed by atoms with E-state index in [1.165, 1.54) is 0 Å². The maximum absolute atomic E-state index is 5.56. The summed E-state index contributed by atoms with van der Waals surface area (Å²) in [7, 11) is 0. The molecule has 0 radical (unpaired) electrons. The molecule has 102 valence electrons. The predicted molar refractivity (Wildman–Crippen MR) is 72.8 cm³/mol. The molecule has 1 aromatic carbocycles. The van der Waals surface area contributed by atoms with Crippen molar-refractivity contribution in [3.8, 4) is 11.5 Å². The summed E-state index contributed by atoms with van der Waals surface area (Å²) in [5.74, 6) is 1.18. The van der Waals surface area contributed by atoms with Crippen molar-refractivity contribution in [3.63, 3.8) is 0 Å². The molecular formula is C13H16ClN3O2. The Hall–Kier alpha value is -1.43. The van der Waals surface area contributed by atoms with Crippen molar-refractivity contribution in [2.45, 2.75) is 25.5 Å². The van der Waals surface area contributed by atoms with Crippen molar-refractivity contribution in [2.75, 3.05) is 6.61 Å². The first kappa shape index (κ1) is 14.0. The molecule has 1 fully saturated rings. The summed E-state index contributed by atoms with van der Waals surface area (Å²) in [6, 6.07) is 7.81. The molecule has 1 atom stereocenters. The third-order valence-electron chi connectivity index (χ3n) is 3.10. The summed E-state index contributed by atoms with van der Waals surface area (Å²) in [5, 5.41) is 3.98. The van der Waals surface area contributed by atoms with Gasteiger partial charge in [0.05, 0.1) is 0 Å². The fraction of sp³-hybridized carbons (Fsp3) is 0.385. The summed E-state index contributed by atoms with van der Waals surface area (Å²) < 4.78 is 10.8.